The van der Waals surface area contributed by atoms with Crippen LogP contribution in [0, 0.1) is 0 Å². The lowest BCUT2D eigenvalue weighted by atomic mass is 10.2. The molecule has 0 bridgehead atoms. The van der Waals surface area contributed by atoms with Gasteiger partial charge in [0.2, 0.25) is 0 Å². The maximum absolute atomic E-state index is 12.0. The second-order valence-electron chi connectivity index (χ2n) is 4.32. The summed E-state index contributed by atoms with van der Waals surface area (Å²) in [6.45, 7) is 3.01. The van der Waals surface area contributed by atoms with E-state index in [0.717, 1.165) is 23.1 Å². The molecule has 5 heteroatoms. The third-order valence-corrected chi connectivity index (χ3v) is 3.16. The standard InChI is InChI=1S/C15H16BrN3O/c1-2-8-17-13-6-7-14(18-10-13)19-15(20)11-4-3-5-12(16)9-11/h3-7,9-10,17H,2,8H2,1H3,(H,18,19,20). The van der Waals surface area contributed by atoms with Gasteiger partial charge in [-0.05, 0) is 36.8 Å². The van der Waals surface area contributed by atoms with Crippen LogP contribution in [0.4, 0.5) is 11.5 Å². The van der Waals surface area contributed by atoms with E-state index in [2.05, 4.69) is 38.5 Å². The molecule has 2 aromatic rings. The fourth-order valence-corrected chi connectivity index (χ4v) is 2.06. The normalized spacial score (nSPS) is 10.1. The van der Waals surface area contributed by atoms with Crippen LogP contribution in [0.25, 0.3) is 0 Å². The Morgan fingerprint density at radius 2 is 2.15 bits per heavy atom. The summed E-state index contributed by atoms with van der Waals surface area (Å²) in [4.78, 5) is 16.2. The van der Waals surface area contributed by atoms with E-state index < -0.39 is 0 Å². The molecule has 0 aliphatic heterocycles. The number of rotatable bonds is 5. The maximum atomic E-state index is 12.0. The highest BCUT2D eigenvalue weighted by Gasteiger charge is 2.06. The Morgan fingerprint density at radius 3 is 2.80 bits per heavy atom. The van der Waals surface area contributed by atoms with Crippen molar-refractivity contribution in [3.63, 3.8) is 0 Å². The first-order valence-electron chi connectivity index (χ1n) is 6.46. The molecule has 1 heterocycles. The number of anilines is 2. The maximum Gasteiger partial charge on any atom is 0.256 e. The van der Waals surface area contributed by atoms with Crippen molar-refractivity contribution in [2.24, 2.45) is 0 Å². The first-order chi connectivity index (χ1) is 9.69. The summed E-state index contributed by atoms with van der Waals surface area (Å²) >= 11 is 3.35. The summed E-state index contributed by atoms with van der Waals surface area (Å²) in [5, 5.41) is 6.00. The van der Waals surface area contributed by atoms with Crippen LogP contribution >= 0.6 is 15.9 Å². The van der Waals surface area contributed by atoms with Gasteiger partial charge in [0, 0.05) is 16.6 Å². The summed E-state index contributed by atoms with van der Waals surface area (Å²) in [5.74, 6) is 0.366. The zero-order valence-electron chi connectivity index (χ0n) is 11.2. The number of halogens is 1. The number of carbonyl (C=O) groups is 1. The lowest BCUT2D eigenvalue weighted by molar-refractivity contribution is 0.102. The van der Waals surface area contributed by atoms with Gasteiger partial charge in [0.25, 0.3) is 5.91 Å². The summed E-state index contributed by atoms with van der Waals surface area (Å²) in [5.41, 5.74) is 1.54. The predicted octanol–water partition coefficient (Wildman–Crippen LogP) is 3.92. The summed E-state index contributed by atoms with van der Waals surface area (Å²) in [6, 6.07) is 10.9. The minimum atomic E-state index is -0.173. The Kier molecular flexibility index (Phi) is 5.12. The van der Waals surface area contributed by atoms with Crippen molar-refractivity contribution >= 4 is 33.3 Å². The number of nitrogens with zero attached hydrogens (tertiary/aromatic N) is 1. The number of aromatic nitrogens is 1. The highest BCUT2D eigenvalue weighted by molar-refractivity contribution is 9.10. The van der Waals surface area contributed by atoms with E-state index in [4.69, 9.17) is 0 Å². The fourth-order valence-electron chi connectivity index (χ4n) is 1.66. The molecular weight excluding hydrogens is 318 g/mol. The van der Waals surface area contributed by atoms with E-state index in [1.165, 1.54) is 0 Å². The minimum Gasteiger partial charge on any atom is -0.384 e. The van der Waals surface area contributed by atoms with Gasteiger partial charge in [0.15, 0.2) is 0 Å². The van der Waals surface area contributed by atoms with Gasteiger partial charge in [-0.3, -0.25) is 4.79 Å². The number of pyridine rings is 1. The molecule has 2 rings (SSSR count). The molecule has 2 N–H and O–H groups in total. The molecule has 1 amide bonds. The minimum absolute atomic E-state index is 0.173. The average Bonchev–Trinajstić information content (AvgIpc) is 2.46. The summed E-state index contributed by atoms with van der Waals surface area (Å²) in [7, 11) is 0. The van der Waals surface area contributed by atoms with Crippen LogP contribution in [0.3, 0.4) is 0 Å². The summed E-state index contributed by atoms with van der Waals surface area (Å²) < 4.78 is 0.872. The molecule has 0 aliphatic rings. The third kappa shape index (κ3) is 4.06. The van der Waals surface area contributed by atoms with E-state index in [0.29, 0.717) is 11.4 Å². The molecule has 0 unspecified atom stereocenters. The van der Waals surface area contributed by atoms with Crippen LogP contribution in [0.1, 0.15) is 23.7 Å². The van der Waals surface area contributed by atoms with Crippen molar-refractivity contribution in [3.05, 3.63) is 52.6 Å². The zero-order chi connectivity index (χ0) is 14.4. The van der Waals surface area contributed by atoms with Crippen molar-refractivity contribution in [2.45, 2.75) is 13.3 Å². The van der Waals surface area contributed by atoms with Crippen LogP contribution < -0.4 is 10.6 Å². The first-order valence-corrected chi connectivity index (χ1v) is 7.25. The first kappa shape index (κ1) is 14.5. The highest BCUT2D eigenvalue weighted by atomic mass is 79.9. The largest absolute Gasteiger partial charge is 0.384 e. The molecule has 0 saturated carbocycles. The average molecular weight is 334 g/mol. The monoisotopic (exact) mass is 333 g/mol. The quantitative estimate of drug-likeness (QED) is 0.871. The number of benzene rings is 1. The van der Waals surface area contributed by atoms with Crippen LogP contribution in [0.15, 0.2) is 47.1 Å². The Labute approximate surface area is 126 Å². The van der Waals surface area contributed by atoms with Gasteiger partial charge < -0.3 is 10.6 Å². The number of nitrogens with one attached hydrogen (secondary N) is 2. The number of hydrogen-bond donors (Lipinski definition) is 2. The molecule has 0 fully saturated rings. The summed E-state index contributed by atoms with van der Waals surface area (Å²) in [6.07, 6.45) is 2.77. The topological polar surface area (TPSA) is 54.0 Å². The molecular formula is C15H16BrN3O. The lowest BCUT2D eigenvalue weighted by Gasteiger charge is -2.07. The van der Waals surface area contributed by atoms with E-state index in [1.807, 2.05) is 18.2 Å². The van der Waals surface area contributed by atoms with E-state index in [-0.39, 0.29) is 5.91 Å². The van der Waals surface area contributed by atoms with Crippen molar-refractivity contribution in [1.82, 2.24) is 4.98 Å². The molecule has 0 spiro atoms. The van der Waals surface area contributed by atoms with Gasteiger partial charge in [-0.25, -0.2) is 4.98 Å². The van der Waals surface area contributed by atoms with Crippen LogP contribution in [0.5, 0.6) is 0 Å². The van der Waals surface area contributed by atoms with Gasteiger partial charge in [0.05, 0.1) is 11.9 Å². The van der Waals surface area contributed by atoms with Crippen molar-refractivity contribution in [3.8, 4) is 0 Å². The molecule has 0 radical (unpaired) electrons. The van der Waals surface area contributed by atoms with Gasteiger partial charge in [-0.2, -0.15) is 0 Å². The Bertz CT molecular complexity index is 584. The van der Waals surface area contributed by atoms with Gasteiger partial charge >= 0.3 is 0 Å². The third-order valence-electron chi connectivity index (χ3n) is 2.67. The number of carbonyl (C=O) groups excluding carboxylic acids is 1. The molecule has 4 nitrogen and oxygen atoms in total. The Balaban J connectivity index is 2.01. The molecule has 20 heavy (non-hydrogen) atoms. The molecule has 0 saturated heterocycles. The van der Waals surface area contributed by atoms with E-state index >= 15 is 0 Å². The van der Waals surface area contributed by atoms with E-state index in [1.54, 1.807) is 24.4 Å². The predicted molar refractivity (Wildman–Crippen MR) is 85.1 cm³/mol. The van der Waals surface area contributed by atoms with Crippen LogP contribution in [-0.2, 0) is 0 Å². The molecule has 1 aromatic heterocycles. The molecule has 104 valence electrons. The van der Waals surface area contributed by atoms with Crippen molar-refractivity contribution < 1.29 is 4.79 Å². The number of hydrogen-bond acceptors (Lipinski definition) is 3. The van der Waals surface area contributed by atoms with Crippen LogP contribution in [0.2, 0.25) is 0 Å². The van der Waals surface area contributed by atoms with Gasteiger partial charge in [-0.1, -0.05) is 28.9 Å². The molecule has 1 aromatic carbocycles. The highest BCUT2D eigenvalue weighted by Crippen LogP contribution is 2.14. The second-order valence-corrected chi connectivity index (χ2v) is 5.24. The fraction of sp³-hybridized carbons (Fsp3) is 0.200. The van der Waals surface area contributed by atoms with Gasteiger partial charge in [0.1, 0.15) is 5.82 Å². The second kappa shape index (κ2) is 7.05. The van der Waals surface area contributed by atoms with E-state index in [9.17, 15) is 4.79 Å². The Hall–Kier alpha value is -1.88. The number of amides is 1. The van der Waals surface area contributed by atoms with Gasteiger partial charge in [-0.15, -0.1) is 0 Å². The Morgan fingerprint density at radius 1 is 1.30 bits per heavy atom. The van der Waals surface area contributed by atoms with Crippen molar-refractivity contribution in [2.75, 3.05) is 17.2 Å². The molecule has 0 atom stereocenters. The smallest absolute Gasteiger partial charge is 0.256 e. The zero-order valence-corrected chi connectivity index (χ0v) is 12.8. The van der Waals surface area contributed by atoms with Crippen LogP contribution in [-0.4, -0.2) is 17.4 Å². The lowest BCUT2D eigenvalue weighted by Crippen LogP contribution is -2.13. The van der Waals surface area contributed by atoms with Crippen molar-refractivity contribution in [1.29, 1.82) is 0 Å². The SMILES string of the molecule is CCCNc1ccc(NC(=O)c2cccc(Br)c2)nc1. The molecule has 0 aliphatic carbocycles.